The fourth-order valence-electron chi connectivity index (χ4n) is 5.41. The molecule has 0 aliphatic heterocycles. The van der Waals surface area contributed by atoms with E-state index in [-0.39, 0.29) is 20.1 Å². The summed E-state index contributed by atoms with van der Waals surface area (Å²) in [5.41, 5.74) is 12.8. The van der Waals surface area contributed by atoms with E-state index in [0.29, 0.717) is 5.71 Å². The molecule has 0 atom stereocenters. The van der Waals surface area contributed by atoms with E-state index in [1.807, 2.05) is 74.9 Å². The maximum Gasteiger partial charge on any atom is 0.216 e. The summed E-state index contributed by atoms with van der Waals surface area (Å²) >= 11 is 0. The number of fused-ring (bicyclic) bond motifs is 4. The second kappa shape index (κ2) is 13.1. The zero-order valence-corrected chi connectivity index (χ0v) is 28.3. The molecule has 46 heavy (non-hydrogen) atoms. The van der Waals surface area contributed by atoms with Crippen molar-refractivity contribution in [3.05, 3.63) is 144 Å². The molecular formula is C40H30IrN4O-2. The SMILES string of the molecule is Cc1c[c-]c(-c2ccc(C)cn2)cc1.Cc1ccc2c(n1)oc1c(-c3cc(-c4ccc5ncccc5c4)c(C)cn3)[c-]ccc12.[Ir]. The largest absolute Gasteiger partial charge is 0.486 e. The maximum atomic E-state index is 6.16. The minimum absolute atomic E-state index is 0. The number of benzene rings is 3. The molecule has 0 bridgehead atoms. The normalized spacial score (nSPS) is 10.9. The quantitative estimate of drug-likeness (QED) is 0.167. The van der Waals surface area contributed by atoms with E-state index in [2.05, 4.69) is 89.5 Å². The second-order valence-corrected chi connectivity index (χ2v) is 11.3. The molecule has 0 saturated heterocycles. The van der Waals surface area contributed by atoms with Crippen molar-refractivity contribution in [1.29, 1.82) is 0 Å². The van der Waals surface area contributed by atoms with Gasteiger partial charge in [0.05, 0.1) is 11.1 Å². The molecule has 8 aromatic rings. The van der Waals surface area contributed by atoms with Gasteiger partial charge in [0.1, 0.15) is 0 Å². The zero-order valence-electron chi connectivity index (χ0n) is 25.9. The molecule has 0 fully saturated rings. The topological polar surface area (TPSA) is 64.7 Å². The molecule has 227 valence electrons. The Kier molecular flexibility index (Phi) is 8.85. The molecule has 3 aromatic carbocycles. The van der Waals surface area contributed by atoms with Gasteiger partial charge in [0.25, 0.3) is 0 Å². The van der Waals surface area contributed by atoms with E-state index in [1.165, 1.54) is 11.1 Å². The Labute approximate surface area is 281 Å². The Balaban J connectivity index is 0.000000209. The van der Waals surface area contributed by atoms with E-state index in [9.17, 15) is 0 Å². The average molecular weight is 775 g/mol. The van der Waals surface area contributed by atoms with Gasteiger partial charge in [-0.15, -0.1) is 53.6 Å². The van der Waals surface area contributed by atoms with Crippen LogP contribution in [0.2, 0.25) is 0 Å². The number of hydrogen-bond donors (Lipinski definition) is 0. The number of nitrogens with zero attached hydrogens (tertiary/aromatic N) is 4. The predicted molar refractivity (Wildman–Crippen MR) is 182 cm³/mol. The number of pyridine rings is 4. The van der Waals surface area contributed by atoms with Crippen LogP contribution < -0.4 is 0 Å². The Bertz CT molecular complexity index is 2270. The van der Waals surface area contributed by atoms with Crippen molar-refractivity contribution in [1.82, 2.24) is 19.9 Å². The molecule has 5 aromatic heterocycles. The number of aryl methyl sites for hydroxylation is 4. The van der Waals surface area contributed by atoms with Crippen LogP contribution >= 0.6 is 0 Å². The maximum absolute atomic E-state index is 6.16. The number of furan rings is 1. The summed E-state index contributed by atoms with van der Waals surface area (Å²) in [6.45, 7) is 8.14. The molecular weight excluding hydrogens is 745 g/mol. The first-order valence-corrected chi connectivity index (χ1v) is 14.9. The third-order valence-electron chi connectivity index (χ3n) is 7.87. The van der Waals surface area contributed by atoms with E-state index in [4.69, 9.17) is 9.40 Å². The molecule has 0 amide bonds. The van der Waals surface area contributed by atoms with E-state index in [0.717, 1.165) is 72.2 Å². The monoisotopic (exact) mass is 775 g/mol. The fraction of sp³-hybridized carbons (Fsp3) is 0.100. The summed E-state index contributed by atoms with van der Waals surface area (Å²) in [5.74, 6) is 0. The summed E-state index contributed by atoms with van der Waals surface area (Å²) in [6.07, 6.45) is 5.61. The van der Waals surface area contributed by atoms with Gasteiger partial charge in [-0.3, -0.25) is 4.98 Å². The van der Waals surface area contributed by atoms with Crippen molar-refractivity contribution in [3.8, 4) is 33.6 Å². The molecule has 0 aliphatic carbocycles. The third kappa shape index (κ3) is 6.23. The van der Waals surface area contributed by atoms with Gasteiger partial charge in [-0.25, -0.2) is 4.98 Å². The Morgan fingerprint density at radius 1 is 0.696 bits per heavy atom. The summed E-state index contributed by atoms with van der Waals surface area (Å²) in [6, 6.07) is 37.3. The van der Waals surface area contributed by atoms with Crippen LogP contribution in [0.25, 0.3) is 66.6 Å². The molecule has 6 heteroatoms. The Morgan fingerprint density at radius 3 is 2.35 bits per heavy atom. The van der Waals surface area contributed by atoms with Crippen LogP contribution in [0.3, 0.4) is 0 Å². The van der Waals surface area contributed by atoms with Crippen molar-refractivity contribution >= 4 is 33.0 Å². The first kappa shape index (κ1) is 31.0. The average Bonchev–Trinajstić information content (AvgIpc) is 3.44. The molecule has 0 aliphatic rings. The van der Waals surface area contributed by atoms with Crippen molar-refractivity contribution in [2.24, 2.45) is 0 Å². The van der Waals surface area contributed by atoms with E-state index >= 15 is 0 Å². The smallest absolute Gasteiger partial charge is 0.216 e. The molecule has 5 heterocycles. The minimum atomic E-state index is 0. The molecule has 0 saturated carbocycles. The molecule has 8 rings (SSSR count). The first-order valence-electron chi connectivity index (χ1n) is 14.9. The molecule has 5 nitrogen and oxygen atoms in total. The summed E-state index contributed by atoms with van der Waals surface area (Å²) in [7, 11) is 0. The number of aromatic nitrogens is 4. The Hall–Kier alpha value is -5.03. The first-order chi connectivity index (χ1) is 21.9. The minimum Gasteiger partial charge on any atom is -0.486 e. The van der Waals surface area contributed by atoms with Crippen LogP contribution in [-0.2, 0) is 20.1 Å². The van der Waals surface area contributed by atoms with Crippen molar-refractivity contribution in [2.45, 2.75) is 27.7 Å². The third-order valence-corrected chi connectivity index (χ3v) is 7.87. The van der Waals surface area contributed by atoms with Gasteiger partial charge in [-0.05, 0) is 84.7 Å². The van der Waals surface area contributed by atoms with Crippen molar-refractivity contribution in [2.75, 3.05) is 0 Å². The van der Waals surface area contributed by atoms with E-state index in [1.54, 1.807) is 0 Å². The van der Waals surface area contributed by atoms with Gasteiger partial charge in [-0.1, -0.05) is 48.2 Å². The standard InChI is InChI=1S/C27H18N3O.C13H12N.Ir/c1-16-15-29-25(14-23(16)18-9-11-24-19(13-18)5-4-12-28-24)22-7-3-6-20-21-10-8-17(2)30-27(21)31-26(20)22;1-10-3-6-12(7-4-10)13-8-5-11(2)9-14-13;/h3-6,8-15H,1-2H3;3-6,8-9H,1-2H3;/q2*-1;. The number of rotatable bonds is 3. The number of hydrogen-bond acceptors (Lipinski definition) is 5. The second-order valence-electron chi connectivity index (χ2n) is 11.3. The van der Waals surface area contributed by atoms with Crippen LogP contribution in [0.4, 0.5) is 0 Å². The van der Waals surface area contributed by atoms with Gasteiger partial charge in [0.2, 0.25) is 5.71 Å². The van der Waals surface area contributed by atoms with Gasteiger partial charge < -0.3 is 14.4 Å². The molecule has 0 unspecified atom stereocenters. The summed E-state index contributed by atoms with van der Waals surface area (Å²) in [4.78, 5) is 18.0. The Morgan fingerprint density at radius 2 is 1.54 bits per heavy atom. The van der Waals surface area contributed by atoms with Crippen LogP contribution in [-0.4, -0.2) is 19.9 Å². The van der Waals surface area contributed by atoms with Crippen molar-refractivity contribution < 1.29 is 24.5 Å². The van der Waals surface area contributed by atoms with Gasteiger partial charge in [0.15, 0.2) is 0 Å². The van der Waals surface area contributed by atoms with Gasteiger partial charge in [-0.2, -0.15) is 0 Å². The van der Waals surface area contributed by atoms with E-state index < -0.39 is 0 Å². The van der Waals surface area contributed by atoms with Gasteiger partial charge >= 0.3 is 0 Å². The molecule has 0 spiro atoms. The zero-order chi connectivity index (χ0) is 30.9. The summed E-state index contributed by atoms with van der Waals surface area (Å²) in [5, 5.41) is 3.15. The van der Waals surface area contributed by atoms with Crippen molar-refractivity contribution in [3.63, 3.8) is 0 Å². The van der Waals surface area contributed by atoms with Gasteiger partial charge in [0, 0.05) is 55.2 Å². The van der Waals surface area contributed by atoms with Crippen LogP contribution in [0, 0.1) is 39.8 Å². The predicted octanol–water partition coefficient (Wildman–Crippen LogP) is 9.84. The summed E-state index contributed by atoms with van der Waals surface area (Å²) < 4.78 is 6.16. The molecule has 0 N–H and O–H groups in total. The fourth-order valence-corrected chi connectivity index (χ4v) is 5.41. The van der Waals surface area contributed by atoms with Crippen LogP contribution in [0.5, 0.6) is 0 Å². The molecule has 1 radical (unpaired) electrons. The van der Waals surface area contributed by atoms with Crippen LogP contribution in [0.1, 0.15) is 22.4 Å². The van der Waals surface area contributed by atoms with Crippen LogP contribution in [0.15, 0.2) is 114 Å².